The lowest BCUT2D eigenvalue weighted by molar-refractivity contribution is -0.138. The maximum Gasteiger partial charge on any atom is 0.312 e. The minimum Gasteiger partial charge on any atom is -0.493 e. The molecule has 1 aliphatic heterocycles. The van der Waals surface area contributed by atoms with Crippen LogP contribution in [0.4, 0.5) is 4.39 Å². The smallest absolute Gasteiger partial charge is 0.312 e. The summed E-state index contributed by atoms with van der Waals surface area (Å²) < 4.78 is 18.9. The van der Waals surface area contributed by atoms with Crippen LogP contribution in [0.2, 0.25) is 0 Å². The van der Waals surface area contributed by atoms with Crippen LogP contribution in [-0.4, -0.2) is 24.2 Å². The van der Waals surface area contributed by atoms with Gasteiger partial charge < -0.3 is 15.6 Å². The summed E-state index contributed by atoms with van der Waals surface area (Å²) in [7, 11) is 0. The van der Waals surface area contributed by atoms with E-state index in [1.807, 2.05) is 0 Å². The van der Waals surface area contributed by atoms with Crippen LogP contribution in [0.3, 0.4) is 0 Å². The number of benzene rings is 1. The fourth-order valence-corrected chi connectivity index (χ4v) is 1.99. The molecule has 2 rings (SSSR count). The van der Waals surface area contributed by atoms with E-state index < -0.39 is 17.7 Å². The molecule has 3 N–H and O–H groups in total. The van der Waals surface area contributed by atoms with Gasteiger partial charge in [-0.25, -0.2) is 4.39 Å². The van der Waals surface area contributed by atoms with Crippen molar-refractivity contribution in [2.45, 2.75) is 12.3 Å². The molecule has 0 radical (unpaired) electrons. The van der Waals surface area contributed by atoms with Gasteiger partial charge in [-0.2, -0.15) is 0 Å². The molecule has 16 heavy (non-hydrogen) atoms. The van der Waals surface area contributed by atoms with Crippen molar-refractivity contribution >= 4 is 5.97 Å². The van der Waals surface area contributed by atoms with Crippen LogP contribution in [0, 0.1) is 5.82 Å². The Labute approximate surface area is 91.8 Å². The van der Waals surface area contributed by atoms with Gasteiger partial charge in [0.2, 0.25) is 0 Å². The first-order valence-corrected chi connectivity index (χ1v) is 5.02. The van der Waals surface area contributed by atoms with Crippen molar-refractivity contribution in [2.24, 2.45) is 5.73 Å². The maximum atomic E-state index is 13.7. The number of hydrogen-bond acceptors (Lipinski definition) is 3. The summed E-state index contributed by atoms with van der Waals surface area (Å²) in [5.41, 5.74) is 6.19. The predicted octanol–water partition coefficient (Wildman–Crippen LogP) is 0.887. The minimum absolute atomic E-state index is 0.122. The number of nitrogens with two attached hydrogens (primary N) is 1. The number of hydrogen-bond donors (Lipinski definition) is 2. The lowest BCUT2D eigenvalue weighted by atomic mass is 9.92. The van der Waals surface area contributed by atoms with E-state index in [9.17, 15) is 9.18 Å². The highest BCUT2D eigenvalue weighted by Gasteiger charge is 2.28. The van der Waals surface area contributed by atoms with Crippen LogP contribution in [0.15, 0.2) is 12.1 Å². The first-order chi connectivity index (χ1) is 7.65. The largest absolute Gasteiger partial charge is 0.493 e. The Bertz CT molecular complexity index is 433. The van der Waals surface area contributed by atoms with Crippen LogP contribution >= 0.6 is 0 Å². The standard InChI is InChI=1S/C11H12FNO3/c12-8-1-2-9-6(3-4-16-9)10(8)7(5-13)11(14)15/h1-2,7H,3-5,13H2,(H,14,15). The highest BCUT2D eigenvalue weighted by Crippen LogP contribution is 2.34. The molecule has 0 fully saturated rings. The Morgan fingerprint density at radius 1 is 1.62 bits per heavy atom. The van der Waals surface area contributed by atoms with Gasteiger partial charge in [0.15, 0.2) is 0 Å². The van der Waals surface area contributed by atoms with E-state index in [1.165, 1.54) is 12.1 Å². The molecule has 0 amide bonds. The zero-order valence-electron chi connectivity index (χ0n) is 8.57. The molecule has 86 valence electrons. The summed E-state index contributed by atoms with van der Waals surface area (Å²) in [6.07, 6.45) is 0.534. The van der Waals surface area contributed by atoms with Gasteiger partial charge in [0.1, 0.15) is 11.6 Å². The van der Waals surface area contributed by atoms with Crippen molar-refractivity contribution in [1.29, 1.82) is 0 Å². The molecule has 1 aliphatic rings. The zero-order chi connectivity index (χ0) is 11.7. The molecule has 1 aromatic carbocycles. The molecule has 0 bridgehead atoms. The second-order valence-corrected chi connectivity index (χ2v) is 3.66. The van der Waals surface area contributed by atoms with Gasteiger partial charge in [-0.1, -0.05) is 0 Å². The molecule has 1 atom stereocenters. The summed E-state index contributed by atoms with van der Waals surface area (Å²) in [6.45, 7) is 0.339. The summed E-state index contributed by atoms with van der Waals surface area (Å²) >= 11 is 0. The average Bonchev–Trinajstić information content (AvgIpc) is 2.69. The number of ether oxygens (including phenoxy) is 1. The van der Waals surface area contributed by atoms with E-state index in [1.54, 1.807) is 0 Å². The Hall–Kier alpha value is -1.62. The van der Waals surface area contributed by atoms with Crippen LogP contribution in [0.1, 0.15) is 17.0 Å². The quantitative estimate of drug-likeness (QED) is 0.801. The first kappa shape index (κ1) is 10.9. The third-order valence-corrected chi connectivity index (χ3v) is 2.75. The molecule has 1 aromatic rings. The Morgan fingerprint density at radius 2 is 2.38 bits per heavy atom. The van der Waals surface area contributed by atoms with Gasteiger partial charge in [0.25, 0.3) is 0 Å². The van der Waals surface area contributed by atoms with Gasteiger partial charge in [-0.15, -0.1) is 0 Å². The molecule has 0 aromatic heterocycles. The molecule has 0 aliphatic carbocycles. The predicted molar refractivity (Wildman–Crippen MR) is 55.0 cm³/mol. The molecule has 0 saturated carbocycles. The summed E-state index contributed by atoms with van der Waals surface area (Å²) in [4.78, 5) is 11.0. The van der Waals surface area contributed by atoms with Gasteiger partial charge in [0, 0.05) is 24.1 Å². The molecule has 0 spiro atoms. The van der Waals surface area contributed by atoms with Gasteiger partial charge in [-0.05, 0) is 12.1 Å². The fraction of sp³-hybridized carbons (Fsp3) is 0.364. The highest BCUT2D eigenvalue weighted by molar-refractivity contribution is 5.77. The molecule has 1 heterocycles. The number of carbonyl (C=O) groups is 1. The molecule has 4 nitrogen and oxygen atoms in total. The Kier molecular flexibility index (Phi) is 2.78. The van der Waals surface area contributed by atoms with E-state index in [-0.39, 0.29) is 12.1 Å². The molecule has 5 heteroatoms. The number of carboxylic acid groups (broad SMARTS) is 1. The highest BCUT2D eigenvalue weighted by atomic mass is 19.1. The van der Waals surface area contributed by atoms with Crippen LogP contribution < -0.4 is 10.5 Å². The van der Waals surface area contributed by atoms with E-state index in [0.29, 0.717) is 24.3 Å². The maximum absolute atomic E-state index is 13.7. The average molecular weight is 225 g/mol. The van der Waals surface area contributed by atoms with Gasteiger partial charge in [0.05, 0.1) is 12.5 Å². The Morgan fingerprint density at radius 3 is 3.00 bits per heavy atom. The fourth-order valence-electron chi connectivity index (χ4n) is 1.99. The molecular weight excluding hydrogens is 213 g/mol. The summed E-state index contributed by atoms with van der Waals surface area (Å²) in [5, 5.41) is 8.99. The van der Waals surface area contributed by atoms with E-state index >= 15 is 0 Å². The van der Waals surface area contributed by atoms with Crippen LogP contribution in [-0.2, 0) is 11.2 Å². The van der Waals surface area contributed by atoms with Crippen molar-refractivity contribution in [3.05, 3.63) is 29.1 Å². The monoisotopic (exact) mass is 225 g/mol. The first-order valence-electron chi connectivity index (χ1n) is 5.02. The second kappa shape index (κ2) is 4.09. The summed E-state index contributed by atoms with van der Waals surface area (Å²) in [5.74, 6) is -2.07. The van der Waals surface area contributed by atoms with Gasteiger partial charge >= 0.3 is 5.97 Å². The van der Waals surface area contributed by atoms with Crippen LogP contribution in [0.5, 0.6) is 5.75 Å². The third kappa shape index (κ3) is 1.63. The summed E-state index contributed by atoms with van der Waals surface area (Å²) in [6, 6.07) is 2.75. The molecule has 0 saturated heterocycles. The minimum atomic E-state index is -1.11. The third-order valence-electron chi connectivity index (χ3n) is 2.75. The number of rotatable bonds is 3. The second-order valence-electron chi connectivity index (χ2n) is 3.66. The number of fused-ring (bicyclic) bond motifs is 1. The van der Waals surface area contributed by atoms with E-state index in [4.69, 9.17) is 15.6 Å². The number of halogens is 1. The van der Waals surface area contributed by atoms with Gasteiger partial charge in [-0.3, -0.25) is 4.79 Å². The molecule has 1 unspecified atom stereocenters. The van der Waals surface area contributed by atoms with Crippen molar-refractivity contribution in [2.75, 3.05) is 13.2 Å². The normalized spacial score (nSPS) is 15.4. The van der Waals surface area contributed by atoms with Crippen molar-refractivity contribution in [1.82, 2.24) is 0 Å². The van der Waals surface area contributed by atoms with E-state index in [2.05, 4.69) is 0 Å². The van der Waals surface area contributed by atoms with Crippen molar-refractivity contribution in [3.63, 3.8) is 0 Å². The zero-order valence-corrected chi connectivity index (χ0v) is 8.57. The number of carboxylic acids is 1. The van der Waals surface area contributed by atoms with Crippen LogP contribution in [0.25, 0.3) is 0 Å². The lowest BCUT2D eigenvalue weighted by Crippen LogP contribution is -2.23. The lowest BCUT2D eigenvalue weighted by Gasteiger charge is -2.14. The molecular formula is C11H12FNO3. The number of aliphatic carboxylic acids is 1. The Balaban J connectivity index is 2.54. The van der Waals surface area contributed by atoms with Crippen molar-refractivity contribution < 1.29 is 19.0 Å². The topological polar surface area (TPSA) is 72.6 Å². The van der Waals surface area contributed by atoms with E-state index in [0.717, 1.165) is 0 Å². The SMILES string of the molecule is NCC(C(=O)O)c1c(F)ccc2c1CCO2. The van der Waals surface area contributed by atoms with Crippen molar-refractivity contribution in [3.8, 4) is 5.75 Å².